The number of ether oxygens (including phenoxy) is 1. The lowest BCUT2D eigenvalue weighted by Crippen LogP contribution is -2.33. The van der Waals surface area contributed by atoms with E-state index >= 15 is 0 Å². The number of fused-ring (bicyclic) bond motifs is 1. The van der Waals surface area contributed by atoms with Crippen molar-refractivity contribution in [1.82, 2.24) is 24.4 Å². The lowest BCUT2D eigenvalue weighted by Gasteiger charge is -2.19. The van der Waals surface area contributed by atoms with Gasteiger partial charge in [0.2, 0.25) is 5.95 Å². The van der Waals surface area contributed by atoms with Crippen LogP contribution in [0.1, 0.15) is 27.0 Å². The molecule has 1 aliphatic rings. The van der Waals surface area contributed by atoms with Crippen LogP contribution in [0, 0.1) is 0 Å². The molecule has 0 aromatic carbocycles. The fourth-order valence-electron chi connectivity index (χ4n) is 3.55. The SMILES string of the molecule is CCN(CC)CC.Nc1nc2c(ncn2[C@@H]2O[C@H](COP(=O)(O)CP(=O)(O)OP(=O)(O)O)[C@@H](O)[C@H]2O)c(=O)[nH]1. The van der Waals surface area contributed by atoms with Crippen molar-refractivity contribution in [3.8, 4) is 0 Å². The molecular formula is C17H33N6O13P3. The molecule has 0 amide bonds. The molecule has 224 valence electrons. The van der Waals surface area contributed by atoms with E-state index in [1.807, 2.05) is 0 Å². The van der Waals surface area contributed by atoms with Gasteiger partial charge in [-0.05, 0) is 19.6 Å². The number of nitrogens with zero attached hydrogens (tertiary/aromatic N) is 4. The monoisotopic (exact) mass is 622 g/mol. The number of rotatable bonds is 11. The molecule has 19 nitrogen and oxygen atoms in total. The van der Waals surface area contributed by atoms with Crippen molar-refractivity contribution < 1.29 is 57.1 Å². The van der Waals surface area contributed by atoms with E-state index in [1.165, 1.54) is 19.6 Å². The number of anilines is 1. The quantitative estimate of drug-likeness (QED) is 0.141. The van der Waals surface area contributed by atoms with Crippen LogP contribution in [0.2, 0.25) is 0 Å². The van der Waals surface area contributed by atoms with E-state index in [1.54, 1.807) is 0 Å². The third-order valence-corrected chi connectivity index (χ3v) is 10.7. The molecule has 9 N–H and O–H groups in total. The summed E-state index contributed by atoms with van der Waals surface area (Å²) in [6.07, 6.45) is -5.09. The average Bonchev–Trinajstić information content (AvgIpc) is 3.33. The van der Waals surface area contributed by atoms with E-state index in [9.17, 15) is 38.5 Å². The van der Waals surface area contributed by atoms with E-state index in [4.69, 9.17) is 20.3 Å². The smallest absolute Gasteiger partial charge is 0.387 e. The van der Waals surface area contributed by atoms with E-state index in [-0.39, 0.29) is 17.1 Å². The fourth-order valence-corrected chi connectivity index (χ4v) is 8.06. The van der Waals surface area contributed by atoms with Gasteiger partial charge in [-0.15, -0.1) is 0 Å². The van der Waals surface area contributed by atoms with Gasteiger partial charge in [0.25, 0.3) is 5.56 Å². The van der Waals surface area contributed by atoms with Crippen LogP contribution < -0.4 is 11.3 Å². The number of hydrogen-bond donors (Lipinski definition) is 8. The molecule has 2 unspecified atom stereocenters. The molecule has 0 aliphatic carbocycles. The predicted molar refractivity (Wildman–Crippen MR) is 136 cm³/mol. The largest absolute Gasteiger partial charge is 0.476 e. The molecule has 2 aromatic rings. The van der Waals surface area contributed by atoms with Gasteiger partial charge in [0.15, 0.2) is 23.3 Å². The highest BCUT2D eigenvalue weighted by Gasteiger charge is 2.46. The van der Waals surface area contributed by atoms with Gasteiger partial charge in [0, 0.05) is 0 Å². The van der Waals surface area contributed by atoms with Crippen molar-refractivity contribution in [3.05, 3.63) is 16.7 Å². The summed E-state index contributed by atoms with van der Waals surface area (Å²) in [6.45, 7) is 9.24. The predicted octanol–water partition coefficient (Wildman–Crippen LogP) is -0.877. The number of nitrogen functional groups attached to an aromatic ring is 1. The number of aliphatic hydroxyl groups is 2. The normalized spacial score (nSPS) is 24.8. The van der Waals surface area contributed by atoms with Crippen LogP contribution in [0.15, 0.2) is 11.1 Å². The Hall–Kier alpha value is -1.56. The second-order valence-electron chi connectivity index (χ2n) is 8.23. The third-order valence-electron chi connectivity index (χ3n) is 5.44. The second-order valence-corrected chi connectivity index (χ2v) is 13.8. The number of H-pyrrole nitrogens is 1. The number of aromatic nitrogens is 4. The first-order chi connectivity index (χ1) is 17.9. The zero-order valence-electron chi connectivity index (χ0n) is 21.2. The van der Waals surface area contributed by atoms with Crippen LogP contribution >= 0.6 is 23.0 Å². The Bertz CT molecular complexity index is 1310. The van der Waals surface area contributed by atoms with Crippen LogP contribution in [0.25, 0.3) is 11.2 Å². The highest BCUT2D eigenvalue weighted by Crippen LogP contribution is 2.64. The molecule has 1 aliphatic heterocycles. The van der Waals surface area contributed by atoms with Crippen molar-refractivity contribution >= 4 is 40.1 Å². The zero-order valence-corrected chi connectivity index (χ0v) is 23.9. The molecular weight excluding hydrogens is 589 g/mol. The molecule has 22 heteroatoms. The van der Waals surface area contributed by atoms with E-state index in [2.05, 4.69) is 49.5 Å². The summed E-state index contributed by atoms with van der Waals surface area (Å²) in [4.78, 5) is 60.3. The number of nitrogens with two attached hydrogens (primary N) is 1. The molecule has 2 aromatic heterocycles. The molecule has 3 rings (SSSR count). The van der Waals surface area contributed by atoms with Crippen LogP contribution in [0.4, 0.5) is 5.95 Å². The van der Waals surface area contributed by atoms with Gasteiger partial charge < -0.3 is 49.7 Å². The zero-order chi connectivity index (χ0) is 29.8. The molecule has 6 atom stereocenters. The minimum Gasteiger partial charge on any atom is -0.387 e. The highest BCUT2D eigenvalue weighted by atomic mass is 31.3. The summed E-state index contributed by atoms with van der Waals surface area (Å²) in [5.74, 6) is -1.93. The number of phosphoric acid groups is 1. The lowest BCUT2D eigenvalue weighted by atomic mass is 10.1. The summed E-state index contributed by atoms with van der Waals surface area (Å²) < 4.78 is 49.0. The first-order valence-corrected chi connectivity index (χ1v) is 16.5. The average molecular weight is 622 g/mol. The molecule has 0 saturated carbocycles. The van der Waals surface area contributed by atoms with Crippen molar-refractivity contribution in [3.63, 3.8) is 0 Å². The summed E-state index contributed by atoms with van der Waals surface area (Å²) in [6, 6.07) is 0. The highest BCUT2D eigenvalue weighted by molar-refractivity contribution is 7.74. The molecule has 39 heavy (non-hydrogen) atoms. The van der Waals surface area contributed by atoms with Gasteiger partial charge >= 0.3 is 23.0 Å². The summed E-state index contributed by atoms with van der Waals surface area (Å²) in [5, 5.41) is 20.5. The fraction of sp³-hybridized carbons (Fsp3) is 0.706. The van der Waals surface area contributed by atoms with Crippen molar-refractivity contribution in [2.45, 2.75) is 45.3 Å². The van der Waals surface area contributed by atoms with Gasteiger partial charge in [-0.3, -0.25) is 23.5 Å². The maximum Gasteiger partial charge on any atom is 0.476 e. The topological polar surface area (TPSA) is 293 Å². The number of hydrogen-bond acceptors (Lipinski definition) is 13. The molecule has 1 saturated heterocycles. The summed E-state index contributed by atoms with van der Waals surface area (Å²) in [7, 11) is -15.7. The first-order valence-electron chi connectivity index (χ1n) is 11.4. The summed E-state index contributed by atoms with van der Waals surface area (Å²) >= 11 is 0. The van der Waals surface area contributed by atoms with Crippen molar-refractivity contribution in [2.75, 3.05) is 37.9 Å². The van der Waals surface area contributed by atoms with Gasteiger partial charge in [-0.2, -0.15) is 4.98 Å². The van der Waals surface area contributed by atoms with Crippen LogP contribution in [-0.2, 0) is 27.3 Å². The Morgan fingerprint density at radius 2 is 1.67 bits per heavy atom. The maximum atomic E-state index is 12.0. The van der Waals surface area contributed by atoms with Crippen molar-refractivity contribution in [2.24, 2.45) is 0 Å². The maximum absolute atomic E-state index is 12.0. The number of aromatic amines is 1. The molecule has 0 spiro atoms. The Morgan fingerprint density at radius 1 is 1.08 bits per heavy atom. The van der Waals surface area contributed by atoms with Gasteiger partial charge in [-0.25, -0.2) is 13.9 Å². The Kier molecular flexibility index (Phi) is 11.6. The minimum absolute atomic E-state index is 0.0901. The Balaban J connectivity index is 0.000000673. The van der Waals surface area contributed by atoms with E-state index in [0.717, 1.165) is 10.9 Å². The molecule has 0 radical (unpaired) electrons. The second kappa shape index (κ2) is 13.4. The van der Waals surface area contributed by atoms with Gasteiger partial charge in [-0.1, -0.05) is 20.8 Å². The van der Waals surface area contributed by atoms with Crippen LogP contribution in [0.5, 0.6) is 0 Å². The summed E-state index contributed by atoms with van der Waals surface area (Å²) in [5.41, 5.74) is 4.57. The van der Waals surface area contributed by atoms with Gasteiger partial charge in [0.1, 0.15) is 18.3 Å². The van der Waals surface area contributed by atoms with E-state index in [0.29, 0.717) is 0 Å². The van der Waals surface area contributed by atoms with E-state index < -0.39 is 65.6 Å². The standard InChI is InChI=1S/C11H18N5O13P3.C6H15N/c12-11-14-8-5(9(19)15-11)13-2-16(8)10-7(18)6(17)4(28-10)1-27-30(20,21)3-31(22,23)29-32(24,25)26;1-4-7(5-2)6-3/h2,4,6-7,10,17-18H,1,3H2,(H,20,21)(H,22,23)(H2,24,25,26)(H3,12,14,15,19);4-6H2,1-3H3/t4-,6-,7-,10-;/m1./s1. The minimum atomic E-state index is -5.44. The Labute approximate surface area is 221 Å². The molecule has 3 heterocycles. The molecule has 1 fully saturated rings. The molecule has 0 bridgehead atoms. The van der Waals surface area contributed by atoms with Crippen LogP contribution in [0.3, 0.4) is 0 Å². The van der Waals surface area contributed by atoms with Crippen molar-refractivity contribution in [1.29, 1.82) is 0 Å². The third kappa shape index (κ3) is 9.50. The number of imidazole rings is 1. The lowest BCUT2D eigenvalue weighted by molar-refractivity contribution is -0.0483. The number of nitrogens with one attached hydrogen (secondary N) is 1. The van der Waals surface area contributed by atoms with Crippen LogP contribution in [-0.4, -0.2) is 105 Å². The first kappa shape index (κ1) is 33.6. The van der Waals surface area contributed by atoms with Gasteiger partial charge in [0.05, 0.1) is 12.9 Å². The Morgan fingerprint density at radius 3 is 2.18 bits per heavy atom. The number of aliphatic hydroxyl groups excluding tert-OH is 2.